The zero-order valence-electron chi connectivity index (χ0n) is 11.3. The molecular weight excluding hydrogens is 249 g/mol. The van der Waals surface area contributed by atoms with Gasteiger partial charge in [0.05, 0.1) is 6.61 Å². The summed E-state index contributed by atoms with van der Waals surface area (Å²) in [6.07, 6.45) is 0. The Labute approximate surface area is 110 Å². The van der Waals surface area contributed by atoms with Crippen LogP contribution in [0.1, 0.15) is 20.8 Å². The quantitative estimate of drug-likeness (QED) is 0.637. The molecule has 1 atom stereocenters. The van der Waals surface area contributed by atoms with Crippen LogP contribution in [0.25, 0.3) is 0 Å². The molecule has 0 bridgehead atoms. The minimum atomic E-state index is -0.939. The van der Waals surface area contributed by atoms with E-state index in [1.165, 1.54) is 0 Å². The van der Waals surface area contributed by atoms with Crippen LogP contribution < -0.4 is 9.61 Å². The van der Waals surface area contributed by atoms with Crippen LogP contribution in [0.3, 0.4) is 0 Å². The highest BCUT2D eigenvalue weighted by atomic mass is 31.2. The lowest BCUT2D eigenvalue weighted by atomic mass is 10.1. The Bertz CT molecular complexity index is 381. The molecule has 0 aliphatic carbocycles. The fraction of sp³-hybridized carbons (Fsp3) is 0.462. The van der Waals surface area contributed by atoms with Crippen LogP contribution in [0.15, 0.2) is 30.3 Å². The van der Waals surface area contributed by atoms with Gasteiger partial charge in [-0.3, -0.25) is 4.79 Å². The van der Waals surface area contributed by atoms with Crippen molar-refractivity contribution in [1.82, 2.24) is 5.09 Å². The molecule has 0 saturated carbocycles. The maximum atomic E-state index is 11.7. The predicted molar refractivity (Wildman–Crippen MR) is 73.8 cm³/mol. The van der Waals surface area contributed by atoms with Gasteiger partial charge in [0.15, 0.2) is 8.30 Å². The molecule has 1 N–H and O–H groups in total. The van der Waals surface area contributed by atoms with Crippen LogP contribution in [0.4, 0.5) is 0 Å². The topological polar surface area (TPSA) is 47.6 Å². The van der Waals surface area contributed by atoms with E-state index in [2.05, 4.69) is 5.09 Å². The third kappa shape index (κ3) is 4.63. The Kier molecular flexibility index (Phi) is 5.57. The van der Waals surface area contributed by atoms with Crippen LogP contribution in [0, 0.1) is 0 Å². The van der Waals surface area contributed by atoms with E-state index >= 15 is 0 Å². The second-order valence-electron chi connectivity index (χ2n) is 4.36. The number of ether oxygens (including phenoxy) is 1. The van der Waals surface area contributed by atoms with Crippen molar-refractivity contribution in [2.75, 3.05) is 13.3 Å². The molecule has 0 heterocycles. The first-order valence-corrected chi connectivity index (χ1v) is 7.58. The molecule has 1 rings (SSSR count). The molecule has 4 nitrogen and oxygen atoms in total. The summed E-state index contributed by atoms with van der Waals surface area (Å²) in [7, 11) is -0.939. The number of para-hydroxylation sites is 1. The van der Waals surface area contributed by atoms with E-state index in [-0.39, 0.29) is 5.97 Å². The molecule has 1 aromatic rings. The van der Waals surface area contributed by atoms with Crippen molar-refractivity contribution in [3.05, 3.63) is 30.3 Å². The largest absolute Gasteiger partial charge is 0.465 e. The Morgan fingerprint density at radius 2 is 1.94 bits per heavy atom. The smallest absolute Gasteiger partial charge is 0.326 e. The van der Waals surface area contributed by atoms with E-state index in [9.17, 15) is 4.79 Å². The van der Waals surface area contributed by atoms with Gasteiger partial charge in [-0.05, 0) is 32.9 Å². The number of benzene rings is 1. The summed E-state index contributed by atoms with van der Waals surface area (Å²) in [5.74, 6) is 0.522. The second kappa shape index (κ2) is 6.72. The molecule has 5 heteroatoms. The zero-order valence-corrected chi connectivity index (χ0v) is 12.2. The van der Waals surface area contributed by atoms with E-state index in [1.54, 1.807) is 20.8 Å². The monoisotopic (exact) mass is 269 g/mol. The summed E-state index contributed by atoms with van der Waals surface area (Å²) >= 11 is 0. The van der Waals surface area contributed by atoms with E-state index in [0.717, 1.165) is 5.75 Å². The lowest BCUT2D eigenvalue weighted by Gasteiger charge is -2.27. The van der Waals surface area contributed by atoms with Crippen molar-refractivity contribution in [1.29, 1.82) is 0 Å². The Morgan fingerprint density at radius 3 is 2.50 bits per heavy atom. The second-order valence-corrected chi connectivity index (χ2v) is 5.76. The summed E-state index contributed by atoms with van der Waals surface area (Å²) < 4.78 is 10.7. The summed E-state index contributed by atoms with van der Waals surface area (Å²) in [6.45, 7) is 7.67. The van der Waals surface area contributed by atoms with Gasteiger partial charge < -0.3 is 9.26 Å². The molecule has 0 spiro atoms. The number of nitrogens with one attached hydrogen (secondary N) is 1. The van der Waals surface area contributed by atoms with Crippen molar-refractivity contribution >= 4 is 14.3 Å². The lowest BCUT2D eigenvalue weighted by molar-refractivity contribution is -0.148. The van der Waals surface area contributed by atoms with Crippen LogP contribution in [0.5, 0.6) is 5.75 Å². The molecular formula is C13H20NO3P. The molecule has 0 amide bonds. The third-order valence-corrected chi connectivity index (χ3v) is 3.57. The van der Waals surface area contributed by atoms with Gasteiger partial charge in [-0.25, -0.2) is 5.09 Å². The maximum absolute atomic E-state index is 11.7. The molecule has 1 unspecified atom stereocenters. The lowest BCUT2D eigenvalue weighted by Crippen LogP contribution is -2.45. The molecule has 18 heavy (non-hydrogen) atoms. The Balaban J connectivity index is 2.53. The van der Waals surface area contributed by atoms with E-state index in [1.807, 2.05) is 37.0 Å². The molecule has 100 valence electrons. The fourth-order valence-corrected chi connectivity index (χ4v) is 2.78. The average molecular weight is 269 g/mol. The van der Waals surface area contributed by atoms with Gasteiger partial charge in [-0.1, -0.05) is 18.2 Å². The van der Waals surface area contributed by atoms with Gasteiger partial charge in [0.2, 0.25) is 0 Å². The maximum Gasteiger partial charge on any atom is 0.326 e. The van der Waals surface area contributed by atoms with Crippen molar-refractivity contribution in [2.45, 2.75) is 26.3 Å². The van der Waals surface area contributed by atoms with Gasteiger partial charge >= 0.3 is 5.97 Å². The minimum absolute atomic E-state index is 0.268. The van der Waals surface area contributed by atoms with Crippen LogP contribution in [-0.4, -0.2) is 24.8 Å². The van der Waals surface area contributed by atoms with Crippen LogP contribution in [0.2, 0.25) is 0 Å². The number of rotatable bonds is 6. The number of carbonyl (C=O) groups is 1. The first-order valence-electron chi connectivity index (χ1n) is 5.87. The molecule has 0 aliphatic heterocycles. The van der Waals surface area contributed by atoms with Crippen LogP contribution >= 0.6 is 8.30 Å². The average Bonchev–Trinajstić information content (AvgIpc) is 2.29. The summed E-state index contributed by atoms with van der Waals surface area (Å²) in [5.41, 5.74) is -0.745. The predicted octanol–water partition coefficient (Wildman–Crippen LogP) is 2.94. The Morgan fingerprint density at radius 1 is 1.33 bits per heavy atom. The standard InChI is InChI=1S/C13H20NO3P/c1-5-16-12(15)13(2,3)14-18(4)17-11-9-7-6-8-10-11/h6-10,14H,5H2,1-4H3. The highest BCUT2D eigenvalue weighted by Crippen LogP contribution is 2.32. The zero-order chi connectivity index (χ0) is 13.6. The summed E-state index contributed by atoms with van der Waals surface area (Å²) in [4.78, 5) is 11.7. The van der Waals surface area contributed by atoms with Gasteiger partial charge in [-0.15, -0.1) is 0 Å². The van der Waals surface area contributed by atoms with E-state index < -0.39 is 13.8 Å². The molecule has 1 aromatic carbocycles. The summed E-state index contributed by atoms with van der Waals surface area (Å²) in [5, 5.41) is 3.16. The van der Waals surface area contributed by atoms with Crippen LogP contribution in [-0.2, 0) is 9.53 Å². The van der Waals surface area contributed by atoms with Gasteiger partial charge in [0, 0.05) is 6.66 Å². The van der Waals surface area contributed by atoms with E-state index in [4.69, 9.17) is 9.26 Å². The number of carbonyl (C=O) groups excluding carboxylic acids is 1. The first-order chi connectivity index (χ1) is 8.45. The van der Waals surface area contributed by atoms with Gasteiger partial charge in [0.1, 0.15) is 11.3 Å². The van der Waals surface area contributed by atoms with Crippen molar-refractivity contribution in [3.63, 3.8) is 0 Å². The van der Waals surface area contributed by atoms with Crippen molar-refractivity contribution in [2.24, 2.45) is 0 Å². The van der Waals surface area contributed by atoms with Crippen molar-refractivity contribution < 1.29 is 14.1 Å². The first kappa shape index (κ1) is 14.9. The number of hydrogen-bond acceptors (Lipinski definition) is 4. The summed E-state index contributed by atoms with van der Waals surface area (Å²) in [6, 6.07) is 9.53. The van der Waals surface area contributed by atoms with Gasteiger partial charge in [-0.2, -0.15) is 0 Å². The van der Waals surface area contributed by atoms with Gasteiger partial charge in [0.25, 0.3) is 0 Å². The SMILES string of the molecule is CCOC(=O)C(C)(C)NP(C)Oc1ccccc1. The van der Waals surface area contributed by atoms with E-state index in [0.29, 0.717) is 6.61 Å². The minimum Gasteiger partial charge on any atom is -0.465 e. The normalized spacial score (nSPS) is 12.9. The molecule has 0 aromatic heterocycles. The third-order valence-electron chi connectivity index (χ3n) is 2.21. The molecule has 0 radical (unpaired) electrons. The number of hydrogen-bond donors (Lipinski definition) is 1. The fourth-order valence-electron chi connectivity index (χ4n) is 1.41. The number of esters is 1. The molecule has 0 fully saturated rings. The Hall–Kier alpha value is -1.12. The highest BCUT2D eigenvalue weighted by Gasteiger charge is 2.31. The van der Waals surface area contributed by atoms with Crippen molar-refractivity contribution in [3.8, 4) is 5.75 Å². The highest BCUT2D eigenvalue weighted by molar-refractivity contribution is 7.50. The molecule has 0 saturated heterocycles. The molecule has 0 aliphatic rings.